The van der Waals surface area contributed by atoms with Crippen molar-refractivity contribution in [2.75, 3.05) is 20.1 Å². The van der Waals surface area contributed by atoms with Crippen molar-refractivity contribution >= 4 is 0 Å². The zero-order valence-corrected chi connectivity index (χ0v) is 10.3. The Morgan fingerprint density at radius 2 is 2.18 bits per heavy atom. The van der Waals surface area contributed by atoms with E-state index in [0.717, 1.165) is 37.5 Å². The third kappa shape index (κ3) is 2.09. The van der Waals surface area contributed by atoms with Crippen LogP contribution in [-0.2, 0) is 6.42 Å². The molecule has 0 radical (unpaired) electrons. The molecule has 1 aromatic rings. The fourth-order valence-electron chi connectivity index (χ4n) is 2.90. The lowest BCUT2D eigenvalue weighted by Gasteiger charge is -2.27. The second kappa shape index (κ2) is 4.38. The quantitative estimate of drug-likeness (QED) is 0.787. The van der Waals surface area contributed by atoms with Crippen LogP contribution >= 0.6 is 0 Å². The van der Waals surface area contributed by atoms with Crippen molar-refractivity contribution in [1.29, 1.82) is 0 Å². The number of aryl methyl sites for hydroxylation is 1. The third-order valence-electron chi connectivity index (χ3n) is 3.85. The molecule has 2 aliphatic rings. The van der Waals surface area contributed by atoms with Gasteiger partial charge in [0.1, 0.15) is 12.1 Å². The number of hydrogen-bond acceptors (Lipinski definition) is 4. The standard InChI is InChI=1S/C12H20N4O/c1-15-7-3-4-9(8-15)12-13-10-5-2-6-11(17)16(10)14-12/h9,11,17H,2-8H2,1H3. The van der Waals surface area contributed by atoms with Gasteiger partial charge in [-0.05, 0) is 39.3 Å². The van der Waals surface area contributed by atoms with E-state index < -0.39 is 6.23 Å². The first kappa shape index (κ1) is 11.2. The Morgan fingerprint density at radius 1 is 1.29 bits per heavy atom. The van der Waals surface area contributed by atoms with Gasteiger partial charge in [0.2, 0.25) is 0 Å². The lowest BCUT2D eigenvalue weighted by Crippen LogP contribution is -2.31. The van der Waals surface area contributed by atoms with Crippen LogP contribution in [0.1, 0.15) is 49.5 Å². The molecule has 2 atom stereocenters. The molecule has 17 heavy (non-hydrogen) atoms. The lowest BCUT2D eigenvalue weighted by molar-refractivity contribution is 0.0641. The SMILES string of the molecule is CN1CCCC(c2nc3n(n2)C(O)CCC3)C1. The van der Waals surface area contributed by atoms with Crippen molar-refractivity contribution in [1.82, 2.24) is 19.7 Å². The molecule has 1 N–H and O–H groups in total. The molecular weight excluding hydrogens is 216 g/mol. The van der Waals surface area contributed by atoms with Crippen molar-refractivity contribution in [3.63, 3.8) is 0 Å². The van der Waals surface area contributed by atoms with Gasteiger partial charge in [0.15, 0.2) is 5.82 Å². The first-order valence-corrected chi connectivity index (χ1v) is 6.56. The van der Waals surface area contributed by atoms with Gasteiger partial charge in [0.25, 0.3) is 0 Å². The van der Waals surface area contributed by atoms with Gasteiger partial charge in [-0.1, -0.05) is 0 Å². The van der Waals surface area contributed by atoms with E-state index in [4.69, 9.17) is 0 Å². The van der Waals surface area contributed by atoms with Gasteiger partial charge in [-0.25, -0.2) is 9.67 Å². The molecule has 1 saturated heterocycles. The molecule has 1 aromatic heterocycles. The highest BCUT2D eigenvalue weighted by Gasteiger charge is 2.27. The predicted octanol–water partition coefficient (Wildman–Crippen LogP) is 0.914. The van der Waals surface area contributed by atoms with E-state index in [2.05, 4.69) is 22.0 Å². The Labute approximate surface area is 101 Å². The van der Waals surface area contributed by atoms with Crippen LogP contribution in [-0.4, -0.2) is 44.9 Å². The number of nitrogens with zero attached hydrogens (tertiary/aromatic N) is 4. The van der Waals surface area contributed by atoms with E-state index in [1.807, 2.05) is 0 Å². The lowest BCUT2D eigenvalue weighted by atomic mass is 9.98. The molecule has 2 unspecified atom stereocenters. The Hall–Kier alpha value is -0.940. The maximum atomic E-state index is 9.88. The normalized spacial score (nSPS) is 30.2. The summed E-state index contributed by atoms with van der Waals surface area (Å²) in [4.78, 5) is 6.96. The van der Waals surface area contributed by atoms with Gasteiger partial charge in [0, 0.05) is 18.9 Å². The minimum absolute atomic E-state index is 0.444. The molecule has 0 spiro atoms. The minimum atomic E-state index is -0.457. The fourth-order valence-corrected chi connectivity index (χ4v) is 2.90. The number of aliphatic hydroxyl groups excluding tert-OH is 1. The summed E-state index contributed by atoms with van der Waals surface area (Å²) >= 11 is 0. The number of aromatic nitrogens is 3. The molecule has 0 aromatic carbocycles. The Morgan fingerprint density at radius 3 is 2.94 bits per heavy atom. The molecule has 94 valence electrons. The van der Waals surface area contributed by atoms with E-state index in [-0.39, 0.29) is 0 Å². The number of likely N-dealkylation sites (N-methyl/N-ethyl adjacent to an activating group) is 1. The molecular formula is C12H20N4O. The molecule has 5 heteroatoms. The van der Waals surface area contributed by atoms with Gasteiger partial charge in [0.05, 0.1) is 0 Å². The molecule has 0 bridgehead atoms. The third-order valence-corrected chi connectivity index (χ3v) is 3.85. The number of likely N-dealkylation sites (tertiary alicyclic amines) is 1. The average Bonchev–Trinajstić information content (AvgIpc) is 2.74. The molecule has 3 rings (SSSR count). The first-order valence-electron chi connectivity index (χ1n) is 6.56. The summed E-state index contributed by atoms with van der Waals surface area (Å²) in [5.41, 5.74) is 0. The summed E-state index contributed by atoms with van der Waals surface area (Å²) < 4.78 is 1.73. The van der Waals surface area contributed by atoms with Crippen LogP contribution in [0.2, 0.25) is 0 Å². The van der Waals surface area contributed by atoms with Crippen LogP contribution in [0.15, 0.2) is 0 Å². The molecule has 0 amide bonds. The van der Waals surface area contributed by atoms with Crippen LogP contribution in [0.5, 0.6) is 0 Å². The minimum Gasteiger partial charge on any atom is -0.372 e. The van der Waals surface area contributed by atoms with Crippen LogP contribution in [0.4, 0.5) is 0 Å². The number of fused-ring (bicyclic) bond motifs is 1. The topological polar surface area (TPSA) is 54.2 Å². The van der Waals surface area contributed by atoms with Gasteiger partial charge in [-0.2, -0.15) is 5.10 Å². The van der Waals surface area contributed by atoms with Gasteiger partial charge >= 0.3 is 0 Å². The maximum Gasteiger partial charge on any atom is 0.155 e. The summed E-state index contributed by atoms with van der Waals surface area (Å²) in [5.74, 6) is 2.35. The van der Waals surface area contributed by atoms with E-state index in [9.17, 15) is 5.11 Å². The highest BCUT2D eigenvalue weighted by Crippen LogP contribution is 2.27. The first-order chi connectivity index (χ1) is 8.24. The molecule has 3 heterocycles. The van der Waals surface area contributed by atoms with E-state index in [1.165, 1.54) is 19.4 Å². The Bertz CT molecular complexity index is 403. The molecule has 1 fully saturated rings. The van der Waals surface area contributed by atoms with Crippen LogP contribution in [0.25, 0.3) is 0 Å². The zero-order valence-electron chi connectivity index (χ0n) is 10.3. The summed E-state index contributed by atoms with van der Waals surface area (Å²) in [6, 6.07) is 0. The van der Waals surface area contributed by atoms with Crippen LogP contribution < -0.4 is 0 Å². The number of rotatable bonds is 1. The highest BCUT2D eigenvalue weighted by atomic mass is 16.3. The Kier molecular flexibility index (Phi) is 2.88. The Balaban J connectivity index is 1.83. The summed E-state index contributed by atoms with van der Waals surface area (Å²) in [7, 11) is 2.15. The molecule has 5 nitrogen and oxygen atoms in total. The zero-order chi connectivity index (χ0) is 11.8. The van der Waals surface area contributed by atoms with Crippen LogP contribution in [0.3, 0.4) is 0 Å². The predicted molar refractivity (Wildman–Crippen MR) is 63.7 cm³/mol. The number of piperidine rings is 1. The largest absolute Gasteiger partial charge is 0.372 e. The van der Waals surface area contributed by atoms with Crippen molar-refractivity contribution in [2.24, 2.45) is 0 Å². The van der Waals surface area contributed by atoms with Crippen molar-refractivity contribution in [2.45, 2.75) is 44.2 Å². The van der Waals surface area contributed by atoms with Crippen molar-refractivity contribution < 1.29 is 5.11 Å². The van der Waals surface area contributed by atoms with E-state index in [1.54, 1.807) is 4.68 Å². The highest BCUT2D eigenvalue weighted by molar-refractivity contribution is 5.04. The molecule has 0 saturated carbocycles. The van der Waals surface area contributed by atoms with Crippen molar-refractivity contribution in [3.8, 4) is 0 Å². The molecule has 2 aliphatic heterocycles. The van der Waals surface area contributed by atoms with E-state index in [0.29, 0.717) is 5.92 Å². The van der Waals surface area contributed by atoms with Crippen LogP contribution in [0, 0.1) is 0 Å². The smallest absolute Gasteiger partial charge is 0.155 e. The van der Waals surface area contributed by atoms with Gasteiger partial charge in [-0.15, -0.1) is 0 Å². The summed E-state index contributed by atoms with van der Waals surface area (Å²) in [6.07, 6.45) is 4.70. The number of hydrogen-bond donors (Lipinski definition) is 1. The summed E-state index contributed by atoms with van der Waals surface area (Å²) in [5, 5.41) is 14.4. The summed E-state index contributed by atoms with van der Waals surface area (Å²) in [6.45, 7) is 2.21. The number of aliphatic hydroxyl groups is 1. The van der Waals surface area contributed by atoms with E-state index >= 15 is 0 Å². The van der Waals surface area contributed by atoms with Gasteiger partial charge in [-0.3, -0.25) is 0 Å². The second-order valence-corrected chi connectivity index (χ2v) is 5.31. The molecule has 0 aliphatic carbocycles. The van der Waals surface area contributed by atoms with Crippen molar-refractivity contribution in [3.05, 3.63) is 11.6 Å². The van der Waals surface area contributed by atoms with Gasteiger partial charge < -0.3 is 10.0 Å². The average molecular weight is 236 g/mol. The fraction of sp³-hybridized carbons (Fsp3) is 0.833. The second-order valence-electron chi connectivity index (χ2n) is 5.31. The monoisotopic (exact) mass is 236 g/mol. The maximum absolute atomic E-state index is 9.88.